The molecule has 0 radical (unpaired) electrons. The fourth-order valence-corrected chi connectivity index (χ4v) is 11.4. The average molecular weight is 457 g/mol. The molecule has 1 fully saturated rings. The fourth-order valence-electron chi connectivity index (χ4n) is 6.75. The molecule has 3 heteroatoms. The first-order chi connectivity index (χ1) is 15.9. The van der Waals surface area contributed by atoms with E-state index in [1.165, 1.54) is 22.4 Å². The van der Waals surface area contributed by atoms with Crippen LogP contribution in [0.5, 0.6) is 0 Å². The summed E-state index contributed by atoms with van der Waals surface area (Å²) in [7, 11) is -2.45. The smallest absolute Gasteiger partial charge is 0.261 e. The van der Waals surface area contributed by atoms with Gasteiger partial charge in [0, 0.05) is 12.5 Å². The Bertz CT molecular complexity index is 1010. The number of hydrogen-bond acceptors (Lipinski definition) is 2. The van der Waals surface area contributed by atoms with Crippen molar-refractivity contribution in [2.75, 3.05) is 6.61 Å². The highest BCUT2D eigenvalue weighted by molar-refractivity contribution is 6.99. The number of benzene rings is 2. The predicted octanol–water partition coefficient (Wildman–Crippen LogP) is 5.68. The maximum absolute atomic E-state index is 12.6. The summed E-state index contributed by atoms with van der Waals surface area (Å²) in [5.41, 5.74) is 1.41. The zero-order valence-corrected chi connectivity index (χ0v) is 21.2. The molecule has 3 aliphatic carbocycles. The molecule has 0 unspecified atom stereocenters. The summed E-state index contributed by atoms with van der Waals surface area (Å²) in [6.07, 6.45) is 11.0. The highest BCUT2D eigenvalue weighted by atomic mass is 28.4. The van der Waals surface area contributed by atoms with Crippen LogP contribution in [0.2, 0.25) is 5.04 Å². The van der Waals surface area contributed by atoms with Crippen LogP contribution in [0.25, 0.3) is 0 Å². The maximum Gasteiger partial charge on any atom is 0.261 e. The molecule has 0 aromatic heterocycles. The van der Waals surface area contributed by atoms with Gasteiger partial charge in [-0.05, 0) is 64.9 Å². The predicted molar refractivity (Wildman–Crippen MR) is 138 cm³/mol. The van der Waals surface area contributed by atoms with E-state index in [1.807, 2.05) is 6.08 Å². The quantitative estimate of drug-likeness (QED) is 0.290. The molecule has 2 nitrogen and oxygen atoms in total. The van der Waals surface area contributed by atoms with Crippen LogP contribution in [-0.2, 0) is 9.22 Å². The second-order valence-electron chi connectivity index (χ2n) is 11.1. The number of fused-ring (bicyclic) bond motifs is 5. The van der Waals surface area contributed by atoms with Crippen LogP contribution in [0.3, 0.4) is 0 Å². The molecule has 2 aromatic rings. The van der Waals surface area contributed by atoms with Gasteiger partial charge in [0.1, 0.15) is 0 Å². The molecule has 4 atom stereocenters. The van der Waals surface area contributed by atoms with Crippen LogP contribution in [0, 0.1) is 23.7 Å². The summed E-state index contributed by atoms with van der Waals surface area (Å²) in [5.74, 6) is 2.23. The molecular formula is C30H36O2Si. The summed E-state index contributed by atoms with van der Waals surface area (Å²) in [4.78, 5) is 12.6. The van der Waals surface area contributed by atoms with Gasteiger partial charge in [-0.15, -0.1) is 0 Å². The number of hydrogen-bond donors (Lipinski definition) is 0. The molecule has 0 saturated heterocycles. The molecule has 0 heterocycles. The van der Waals surface area contributed by atoms with Crippen LogP contribution in [0.15, 0.2) is 84.5 Å². The Morgan fingerprint density at radius 3 is 2.00 bits per heavy atom. The number of unbranched alkanes of at least 4 members (excludes halogenated alkanes) is 1. The first-order valence-corrected chi connectivity index (χ1v) is 14.5. The van der Waals surface area contributed by atoms with Crippen LogP contribution < -0.4 is 10.4 Å². The largest absolute Gasteiger partial charge is 0.407 e. The molecule has 1 saturated carbocycles. The van der Waals surface area contributed by atoms with Crippen molar-refractivity contribution in [2.45, 2.75) is 51.5 Å². The first-order valence-electron chi connectivity index (χ1n) is 12.6. The van der Waals surface area contributed by atoms with Gasteiger partial charge in [0.05, 0.1) is 0 Å². The van der Waals surface area contributed by atoms with Crippen LogP contribution in [0.4, 0.5) is 0 Å². The molecule has 2 aromatic carbocycles. The first kappa shape index (κ1) is 22.6. The minimum absolute atomic E-state index is 0.0126. The van der Waals surface area contributed by atoms with Crippen LogP contribution >= 0.6 is 0 Å². The van der Waals surface area contributed by atoms with Crippen molar-refractivity contribution in [1.82, 2.24) is 0 Å². The van der Waals surface area contributed by atoms with Crippen molar-refractivity contribution in [1.29, 1.82) is 0 Å². The third-order valence-corrected chi connectivity index (χ3v) is 13.2. The average Bonchev–Trinajstić information content (AvgIpc) is 3.51. The van der Waals surface area contributed by atoms with E-state index in [1.54, 1.807) is 0 Å². The van der Waals surface area contributed by atoms with Crippen LogP contribution in [0.1, 0.15) is 46.5 Å². The van der Waals surface area contributed by atoms with E-state index in [0.29, 0.717) is 23.5 Å². The molecule has 33 heavy (non-hydrogen) atoms. The fraction of sp³-hybridized carbons (Fsp3) is 0.433. The normalized spacial score (nSPS) is 26.0. The van der Waals surface area contributed by atoms with Gasteiger partial charge in [-0.25, -0.2) is 0 Å². The zero-order chi connectivity index (χ0) is 23.1. The van der Waals surface area contributed by atoms with E-state index >= 15 is 0 Å². The summed E-state index contributed by atoms with van der Waals surface area (Å²) >= 11 is 0. The second-order valence-corrected chi connectivity index (χ2v) is 15.4. The summed E-state index contributed by atoms with van der Waals surface area (Å²) in [6.45, 7) is 7.75. The lowest BCUT2D eigenvalue weighted by Crippen LogP contribution is -2.66. The number of rotatable bonds is 8. The highest BCUT2D eigenvalue weighted by Gasteiger charge is 2.52. The van der Waals surface area contributed by atoms with E-state index in [-0.39, 0.29) is 11.0 Å². The van der Waals surface area contributed by atoms with E-state index in [0.717, 1.165) is 25.9 Å². The standard InChI is InChI=1S/C30H36O2Si/c1-30(2,3)33(25-13-6-4-7-14-25,26-15-8-5-9-16-26)32-19-11-10-12-22-21-27(31)29-24-18-17-23(20-24)28(22)29/h4-9,13-18,21,23-24,28-29H,10-12,19-20H2,1-3H3/t23-,24+,28-,29-/m0/s1. The molecule has 0 amide bonds. The van der Waals surface area contributed by atoms with Crippen molar-refractivity contribution in [2.24, 2.45) is 23.7 Å². The molecule has 2 bridgehead atoms. The van der Waals surface area contributed by atoms with Crippen molar-refractivity contribution in [3.8, 4) is 0 Å². The summed E-state index contributed by atoms with van der Waals surface area (Å²) < 4.78 is 7.03. The Hall–Kier alpha value is -2.23. The lowest BCUT2D eigenvalue weighted by molar-refractivity contribution is -0.118. The Morgan fingerprint density at radius 1 is 0.848 bits per heavy atom. The van der Waals surface area contributed by atoms with Gasteiger partial charge >= 0.3 is 0 Å². The van der Waals surface area contributed by atoms with Gasteiger partial charge in [0.2, 0.25) is 0 Å². The van der Waals surface area contributed by atoms with Gasteiger partial charge in [-0.1, -0.05) is 99.2 Å². The Balaban J connectivity index is 1.29. The lowest BCUT2D eigenvalue weighted by Gasteiger charge is -2.43. The highest BCUT2D eigenvalue weighted by Crippen LogP contribution is 2.55. The molecule has 3 aliphatic rings. The Kier molecular flexibility index (Phi) is 6.05. The number of carbonyl (C=O) groups is 1. The molecule has 5 rings (SSSR count). The molecule has 0 aliphatic heterocycles. The summed E-state index contributed by atoms with van der Waals surface area (Å²) in [5, 5.41) is 2.69. The molecular weight excluding hydrogens is 420 g/mol. The Morgan fingerprint density at radius 2 is 1.42 bits per heavy atom. The number of carbonyl (C=O) groups excluding carboxylic acids is 1. The SMILES string of the molecule is CC(C)(C)[Si](OCCCCC1=CC(=O)[C@H]2[C@@H]1[C@H]1C=C[C@@H]2C1)(c1ccccc1)c1ccccc1. The third kappa shape index (κ3) is 3.89. The van der Waals surface area contributed by atoms with E-state index in [4.69, 9.17) is 4.43 Å². The van der Waals surface area contributed by atoms with Gasteiger partial charge in [0.15, 0.2) is 5.78 Å². The van der Waals surface area contributed by atoms with Gasteiger partial charge in [-0.3, -0.25) is 4.79 Å². The second kappa shape index (κ2) is 8.85. The maximum atomic E-state index is 12.6. The topological polar surface area (TPSA) is 26.3 Å². The van der Waals surface area contributed by atoms with Crippen molar-refractivity contribution < 1.29 is 9.22 Å². The molecule has 172 valence electrons. The molecule has 0 spiro atoms. The van der Waals surface area contributed by atoms with Crippen molar-refractivity contribution in [3.63, 3.8) is 0 Å². The van der Waals surface area contributed by atoms with Crippen molar-refractivity contribution >= 4 is 24.5 Å². The number of allylic oxidation sites excluding steroid dienone is 4. The van der Waals surface area contributed by atoms with Gasteiger partial charge < -0.3 is 4.43 Å². The number of ketones is 1. The third-order valence-electron chi connectivity index (χ3n) is 8.14. The van der Waals surface area contributed by atoms with Gasteiger partial charge in [-0.2, -0.15) is 0 Å². The lowest BCUT2D eigenvalue weighted by atomic mass is 9.81. The van der Waals surface area contributed by atoms with Crippen LogP contribution in [-0.4, -0.2) is 20.7 Å². The monoisotopic (exact) mass is 456 g/mol. The minimum atomic E-state index is -2.45. The molecule has 0 N–H and O–H groups in total. The van der Waals surface area contributed by atoms with E-state index in [2.05, 4.69) is 93.6 Å². The minimum Gasteiger partial charge on any atom is -0.407 e. The van der Waals surface area contributed by atoms with Gasteiger partial charge in [0.25, 0.3) is 8.32 Å². The van der Waals surface area contributed by atoms with E-state index in [9.17, 15) is 4.79 Å². The van der Waals surface area contributed by atoms with Crippen molar-refractivity contribution in [3.05, 3.63) is 84.5 Å². The van der Waals surface area contributed by atoms with E-state index < -0.39 is 8.32 Å². The summed E-state index contributed by atoms with van der Waals surface area (Å²) in [6, 6.07) is 21.7. The Labute approximate surface area is 199 Å². The zero-order valence-electron chi connectivity index (χ0n) is 20.2.